The highest BCUT2D eigenvalue weighted by atomic mass is 32.2. The maximum atomic E-state index is 10.3. The molecule has 0 spiro atoms. The Hall–Kier alpha value is -1.34. The number of aliphatic hydroxyl groups excluding tert-OH is 1. The van der Waals surface area contributed by atoms with Crippen molar-refractivity contribution < 1.29 is 5.11 Å². The number of aromatic nitrogens is 4. The molecular formula is C24H43N5OS. The van der Waals surface area contributed by atoms with Gasteiger partial charge in [0.05, 0.1) is 19.0 Å². The predicted molar refractivity (Wildman–Crippen MR) is 133 cm³/mol. The van der Waals surface area contributed by atoms with Gasteiger partial charge in [0.25, 0.3) is 0 Å². The first-order valence-electron chi connectivity index (χ1n) is 12.4. The molecule has 2 aromatic rings. The van der Waals surface area contributed by atoms with E-state index in [0.29, 0.717) is 23.5 Å². The Morgan fingerprint density at radius 1 is 0.871 bits per heavy atom. The highest BCUT2D eigenvalue weighted by Crippen LogP contribution is 2.17. The van der Waals surface area contributed by atoms with Crippen LogP contribution < -0.4 is 5.73 Å². The number of imidazole rings is 1. The van der Waals surface area contributed by atoms with Crippen LogP contribution in [0.3, 0.4) is 0 Å². The summed E-state index contributed by atoms with van der Waals surface area (Å²) in [5, 5.41) is 10.3. The summed E-state index contributed by atoms with van der Waals surface area (Å²) in [6, 6.07) is 0. The Morgan fingerprint density at radius 3 is 2.06 bits per heavy atom. The summed E-state index contributed by atoms with van der Waals surface area (Å²) in [6.07, 6.45) is 22.1. The van der Waals surface area contributed by atoms with Crippen molar-refractivity contribution in [2.75, 3.05) is 17.2 Å². The minimum absolute atomic E-state index is 0.380. The standard InChI is InChI=1S/C24H43N5OS/c1-2-3-4-5-6-7-8-9-10-11-12-13-14-15-16-31-18-21(30)17-29-20-28-22-23(25)26-19-27-24(22)29/h19-21,30H,2-18H2,1H3,(H2,25,26,27). The summed E-state index contributed by atoms with van der Waals surface area (Å²) in [7, 11) is 0. The largest absolute Gasteiger partial charge is 0.390 e. The number of nitrogens with zero attached hydrogens (tertiary/aromatic N) is 4. The smallest absolute Gasteiger partial charge is 0.165 e. The Morgan fingerprint density at radius 2 is 1.45 bits per heavy atom. The molecule has 1 unspecified atom stereocenters. The molecule has 0 aliphatic carbocycles. The van der Waals surface area contributed by atoms with Crippen LogP contribution in [0, 0.1) is 0 Å². The van der Waals surface area contributed by atoms with E-state index in [1.807, 2.05) is 16.3 Å². The minimum atomic E-state index is -0.412. The van der Waals surface area contributed by atoms with E-state index in [2.05, 4.69) is 21.9 Å². The van der Waals surface area contributed by atoms with Gasteiger partial charge in [-0.1, -0.05) is 90.4 Å². The van der Waals surface area contributed by atoms with Crippen molar-refractivity contribution in [3.05, 3.63) is 12.7 Å². The average molecular weight is 450 g/mol. The first-order valence-corrected chi connectivity index (χ1v) is 13.5. The molecule has 31 heavy (non-hydrogen) atoms. The minimum Gasteiger partial charge on any atom is -0.390 e. The molecule has 2 rings (SSSR count). The SMILES string of the molecule is CCCCCCCCCCCCCCCCSCC(O)Cn1cnc2c(N)ncnc21. The molecule has 0 saturated carbocycles. The first-order chi connectivity index (χ1) is 15.2. The molecule has 0 bridgehead atoms. The third-order valence-electron chi connectivity index (χ3n) is 5.79. The topological polar surface area (TPSA) is 89.8 Å². The number of aliphatic hydroxyl groups is 1. The molecular weight excluding hydrogens is 406 g/mol. The maximum Gasteiger partial charge on any atom is 0.165 e. The summed E-state index contributed by atoms with van der Waals surface area (Å²) in [5.41, 5.74) is 7.10. The summed E-state index contributed by atoms with van der Waals surface area (Å²) in [4.78, 5) is 12.4. The molecule has 0 aliphatic heterocycles. The number of thioether (sulfide) groups is 1. The molecule has 7 heteroatoms. The predicted octanol–water partition coefficient (Wildman–Crippen LogP) is 5.98. The quantitative estimate of drug-likeness (QED) is 0.256. The average Bonchev–Trinajstić information content (AvgIpc) is 3.17. The van der Waals surface area contributed by atoms with Crippen molar-refractivity contribution in [2.45, 2.75) is 109 Å². The fraction of sp³-hybridized carbons (Fsp3) is 0.792. The monoisotopic (exact) mass is 449 g/mol. The second-order valence-electron chi connectivity index (χ2n) is 8.65. The van der Waals surface area contributed by atoms with Gasteiger partial charge in [-0.15, -0.1) is 0 Å². The number of hydrogen-bond donors (Lipinski definition) is 2. The molecule has 0 aromatic carbocycles. The van der Waals surface area contributed by atoms with Crippen LogP contribution in [-0.2, 0) is 6.54 Å². The lowest BCUT2D eigenvalue weighted by atomic mass is 10.0. The summed E-state index contributed by atoms with van der Waals surface area (Å²) in [6.45, 7) is 2.77. The first kappa shape index (κ1) is 25.9. The van der Waals surface area contributed by atoms with Crippen LogP contribution in [0.1, 0.15) is 96.8 Å². The Labute approximate surface area is 192 Å². The molecule has 176 valence electrons. The number of fused-ring (bicyclic) bond motifs is 1. The summed E-state index contributed by atoms with van der Waals surface area (Å²) < 4.78 is 1.85. The molecule has 6 nitrogen and oxygen atoms in total. The van der Waals surface area contributed by atoms with Crippen molar-refractivity contribution in [3.63, 3.8) is 0 Å². The van der Waals surface area contributed by atoms with Gasteiger partial charge in [-0.2, -0.15) is 11.8 Å². The van der Waals surface area contributed by atoms with E-state index in [4.69, 9.17) is 5.73 Å². The van der Waals surface area contributed by atoms with Gasteiger partial charge in [0.15, 0.2) is 11.5 Å². The van der Waals surface area contributed by atoms with Gasteiger partial charge in [-0.25, -0.2) is 15.0 Å². The number of nitrogens with two attached hydrogens (primary N) is 1. The van der Waals surface area contributed by atoms with Crippen LogP contribution in [0.25, 0.3) is 11.2 Å². The highest BCUT2D eigenvalue weighted by molar-refractivity contribution is 7.99. The second-order valence-corrected chi connectivity index (χ2v) is 9.80. The zero-order valence-electron chi connectivity index (χ0n) is 19.5. The molecule has 0 saturated heterocycles. The molecule has 0 radical (unpaired) electrons. The summed E-state index contributed by atoms with van der Waals surface area (Å²) >= 11 is 1.83. The van der Waals surface area contributed by atoms with Crippen LogP contribution in [0.4, 0.5) is 5.82 Å². The third kappa shape index (κ3) is 10.7. The van der Waals surface area contributed by atoms with E-state index in [1.165, 1.54) is 96.2 Å². The third-order valence-corrected chi connectivity index (χ3v) is 6.99. The van der Waals surface area contributed by atoms with Gasteiger partial charge < -0.3 is 15.4 Å². The van der Waals surface area contributed by atoms with Gasteiger partial charge in [0.1, 0.15) is 11.8 Å². The van der Waals surface area contributed by atoms with Crippen LogP contribution in [-0.4, -0.2) is 42.2 Å². The van der Waals surface area contributed by atoms with E-state index in [0.717, 1.165) is 11.5 Å². The van der Waals surface area contributed by atoms with Crippen molar-refractivity contribution in [1.82, 2.24) is 19.5 Å². The molecule has 1 atom stereocenters. The Balaban J connectivity index is 1.38. The number of rotatable bonds is 19. The number of hydrogen-bond acceptors (Lipinski definition) is 6. The zero-order chi connectivity index (χ0) is 22.2. The molecule has 2 aromatic heterocycles. The fourth-order valence-electron chi connectivity index (χ4n) is 3.93. The lowest BCUT2D eigenvalue weighted by Crippen LogP contribution is -2.18. The maximum absolute atomic E-state index is 10.3. The van der Waals surface area contributed by atoms with Gasteiger partial charge in [-0.05, 0) is 12.2 Å². The van der Waals surface area contributed by atoms with Crippen LogP contribution in [0.2, 0.25) is 0 Å². The van der Waals surface area contributed by atoms with Crippen LogP contribution in [0.15, 0.2) is 12.7 Å². The van der Waals surface area contributed by atoms with Crippen LogP contribution >= 0.6 is 11.8 Å². The van der Waals surface area contributed by atoms with E-state index in [-0.39, 0.29) is 0 Å². The number of anilines is 1. The lowest BCUT2D eigenvalue weighted by Gasteiger charge is -2.11. The molecule has 0 aliphatic rings. The van der Waals surface area contributed by atoms with Gasteiger partial charge in [0.2, 0.25) is 0 Å². The Bertz CT molecular complexity index is 708. The number of unbranched alkanes of at least 4 members (excludes halogenated alkanes) is 13. The normalized spacial score (nSPS) is 12.6. The fourth-order valence-corrected chi connectivity index (χ4v) is 4.88. The van der Waals surface area contributed by atoms with Crippen LogP contribution in [0.5, 0.6) is 0 Å². The van der Waals surface area contributed by atoms with E-state index < -0.39 is 6.10 Å². The van der Waals surface area contributed by atoms with E-state index in [1.54, 1.807) is 6.33 Å². The van der Waals surface area contributed by atoms with Crippen molar-refractivity contribution in [1.29, 1.82) is 0 Å². The zero-order valence-corrected chi connectivity index (χ0v) is 20.3. The van der Waals surface area contributed by atoms with Crippen molar-refractivity contribution in [3.8, 4) is 0 Å². The molecule has 0 fully saturated rings. The lowest BCUT2D eigenvalue weighted by molar-refractivity contribution is 0.179. The molecule has 3 N–H and O–H groups in total. The van der Waals surface area contributed by atoms with Gasteiger partial charge >= 0.3 is 0 Å². The van der Waals surface area contributed by atoms with E-state index in [9.17, 15) is 5.11 Å². The van der Waals surface area contributed by atoms with E-state index >= 15 is 0 Å². The number of nitrogen functional groups attached to an aromatic ring is 1. The molecule has 0 amide bonds. The Kier molecular flexibility index (Phi) is 13.6. The van der Waals surface area contributed by atoms with Gasteiger partial charge in [-0.3, -0.25) is 0 Å². The van der Waals surface area contributed by atoms with Gasteiger partial charge in [0, 0.05) is 5.75 Å². The highest BCUT2D eigenvalue weighted by Gasteiger charge is 2.11. The molecule has 2 heterocycles. The summed E-state index contributed by atoms with van der Waals surface area (Å²) in [5.74, 6) is 2.23. The van der Waals surface area contributed by atoms with Crippen molar-refractivity contribution >= 4 is 28.7 Å². The second kappa shape index (κ2) is 16.3. The van der Waals surface area contributed by atoms with Crippen molar-refractivity contribution in [2.24, 2.45) is 0 Å².